The minimum atomic E-state index is -2.17. The Hall–Kier alpha value is -1.45. The Morgan fingerprint density at radius 3 is 1.49 bits per heavy atom. The Morgan fingerprint density at radius 2 is 1.04 bits per heavy atom. The number of aliphatic hydroxyl groups is 15. The fourth-order valence-corrected chi connectivity index (χ4v) is 6.88. The van der Waals surface area contributed by atoms with E-state index in [1.165, 1.54) is 13.8 Å². The maximum Gasteiger partial charge on any atom is 0.217 e. The van der Waals surface area contributed by atoms with Crippen LogP contribution in [0.2, 0.25) is 0 Å². The Bertz CT molecular complexity index is 1240. The van der Waals surface area contributed by atoms with Crippen molar-refractivity contribution in [2.75, 3.05) is 26.4 Å². The number of ether oxygens (including phenoxy) is 8. The predicted molar refractivity (Wildman–Crippen MR) is 178 cm³/mol. The van der Waals surface area contributed by atoms with E-state index in [0.29, 0.717) is 0 Å². The quantitative estimate of drug-likeness (QED) is 0.0686. The molecule has 4 rings (SSSR count). The fraction of sp³-hybridized carbons (Fsp3) is 0.969. The standard InChI is InChI=1S/C32H57NO24/c1-8-15(40)19(44)22(47)29(50-8)56-27-21(46)18(43)13(6-36)52-31(27)55-26-14(7-37)53-32(54-25(17(42)12(39)5-35)11(4-34)33-10(3)38)28(24(26)49)57-30-23(48)20(45)16(41)9(2)51-30/h8-9,11-32,34-37,39-49H,4-7H2,1-3H3,(H,33,38)/t8-,9-,11-,12+,13+,14+,15+,16+,17-,18-,19+,20+,21-,22-,23-,24-,25+,26-,27+,28+,29-,30-,31-,32-/m0/s1. The van der Waals surface area contributed by atoms with E-state index in [1.807, 2.05) is 0 Å². The number of amides is 1. The van der Waals surface area contributed by atoms with Gasteiger partial charge in [-0.15, -0.1) is 0 Å². The van der Waals surface area contributed by atoms with Gasteiger partial charge in [-0.25, -0.2) is 0 Å². The van der Waals surface area contributed by atoms with Crippen LogP contribution in [0.25, 0.3) is 0 Å². The van der Waals surface area contributed by atoms with Gasteiger partial charge in [-0.2, -0.15) is 0 Å². The molecule has 1 amide bonds. The van der Waals surface area contributed by atoms with E-state index < -0.39 is 180 Å². The van der Waals surface area contributed by atoms with Crippen LogP contribution in [0.5, 0.6) is 0 Å². The first kappa shape index (κ1) is 48.2. The Morgan fingerprint density at radius 1 is 0.561 bits per heavy atom. The molecule has 0 spiro atoms. The number of nitrogens with one attached hydrogen (secondary N) is 1. The summed E-state index contributed by atoms with van der Waals surface area (Å²) in [5.74, 6) is -0.753. The summed E-state index contributed by atoms with van der Waals surface area (Å²) < 4.78 is 46.0. The van der Waals surface area contributed by atoms with Gasteiger partial charge < -0.3 is 120 Å². The Labute approximate surface area is 325 Å². The van der Waals surface area contributed by atoms with Gasteiger partial charge in [-0.1, -0.05) is 0 Å². The number of carbonyl (C=O) groups excluding carboxylic acids is 1. The third-order valence-electron chi connectivity index (χ3n) is 10.3. The van der Waals surface area contributed by atoms with Gasteiger partial charge in [0.1, 0.15) is 104 Å². The van der Waals surface area contributed by atoms with E-state index in [2.05, 4.69) is 5.32 Å². The molecule has 4 fully saturated rings. The Balaban J connectivity index is 1.72. The Kier molecular flexibility index (Phi) is 17.7. The number of rotatable bonds is 16. The molecule has 334 valence electrons. The van der Waals surface area contributed by atoms with E-state index in [9.17, 15) is 81.4 Å². The minimum absolute atomic E-state index is 0.753. The number of aliphatic hydroxyl groups excluding tert-OH is 15. The van der Waals surface area contributed by atoms with Gasteiger partial charge in [0.25, 0.3) is 0 Å². The lowest BCUT2D eigenvalue weighted by atomic mass is 9.95. The van der Waals surface area contributed by atoms with Crippen LogP contribution >= 0.6 is 0 Å². The third kappa shape index (κ3) is 10.7. The summed E-state index contributed by atoms with van der Waals surface area (Å²) in [4.78, 5) is 12.0. The van der Waals surface area contributed by atoms with Crippen LogP contribution < -0.4 is 5.32 Å². The van der Waals surface area contributed by atoms with Crippen molar-refractivity contribution in [1.29, 1.82) is 0 Å². The van der Waals surface area contributed by atoms with Gasteiger partial charge in [0.2, 0.25) is 5.91 Å². The molecule has 0 bridgehead atoms. The van der Waals surface area contributed by atoms with Gasteiger partial charge >= 0.3 is 0 Å². The summed E-state index contributed by atoms with van der Waals surface area (Å²) >= 11 is 0. The van der Waals surface area contributed by atoms with Gasteiger partial charge in [0.15, 0.2) is 25.2 Å². The first-order valence-corrected chi connectivity index (χ1v) is 18.2. The second-order valence-corrected chi connectivity index (χ2v) is 14.4. The van der Waals surface area contributed by atoms with E-state index >= 15 is 0 Å². The summed E-state index contributed by atoms with van der Waals surface area (Å²) in [6.45, 7) is -0.284. The number of hydrogen-bond acceptors (Lipinski definition) is 24. The zero-order chi connectivity index (χ0) is 42.6. The molecule has 57 heavy (non-hydrogen) atoms. The molecule has 4 aliphatic rings. The van der Waals surface area contributed by atoms with Crippen molar-refractivity contribution in [1.82, 2.24) is 5.32 Å². The van der Waals surface area contributed by atoms with E-state index in [-0.39, 0.29) is 0 Å². The molecule has 0 aromatic carbocycles. The van der Waals surface area contributed by atoms with E-state index in [4.69, 9.17) is 37.9 Å². The average Bonchev–Trinajstić information content (AvgIpc) is 3.18. The number of hydrogen-bond donors (Lipinski definition) is 16. The van der Waals surface area contributed by atoms with Crippen molar-refractivity contribution in [2.45, 2.75) is 168 Å². The van der Waals surface area contributed by atoms with Crippen LogP contribution in [-0.2, 0) is 42.7 Å². The second-order valence-electron chi connectivity index (χ2n) is 14.4. The maximum absolute atomic E-state index is 12.0. The molecule has 0 saturated carbocycles. The molecule has 0 radical (unpaired) electrons. The summed E-state index contributed by atoms with van der Waals surface area (Å²) in [6, 6.07) is -1.55. The van der Waals surface area contributed by atoms with Gasteiger partial charge in [-0.05, 0) is 13.8 Å². The van der Waals surface area contributed by atoms with Crippen LogP contribution in [0.3, 0.4) is 0 Å². The van der Waals surface area contributed by atoms with Gasteiger partial charge in [0.05, 0.1) is 44.7 Å². The zero-order valence-corrected chi connectivity index (χ0v) is 31.1. The highest BCUT2D eigenvalue weighted by atomic mass is 16.8. The van der Waals surface area contributed by atoms with E-state index in [0.717, 1.165) is 6.92 Å². The van der Waals surface area contributed by atoms with Crippen molar-refractivity contribution in [3.63, 3.8) is 0 Å². The maximum atomic E-state index is 12.0. The molecule has 0 aliphatic carbocycles. The van der Waals surface area contributed by atoms with Crippen LogP contribution in [0.1, 0.15) is 20.8 Å². The molecular formula is C32H57NO24. The molecule has 24 atom stereocenters. The van der Waals surface area contributed by atoms with Crippen LogP contribution in [0, 0.1) is 0 Å². The number of carbonyl (C=O) groups is 1. The average molecular weight is 840 g/mol. The van der Waals surface area contributed by atoms with Gasteiger partial charge in [-0.3, -0.25) is 4.79 Å². The van der Waals surface area contributed by atoms with Crippen molar-refractivity contribution in [3.8, 4) is 0 Å². The minimum Gasteiger partial charge on any atom is -0.394 e. The monoisotopic (exact) mass is 839 g/mol. The summed E-state index contributed by atoms with van der Waals surface area (Å²) in [5.41, 5.74) is 0. The molecule has 4 aliphatic heterocycles. The highest BCUT2D eigenvalue weighted by molar-refractivity contribution is 5.73. The predicted octanol–water partition coefficient (Wildman–Crippen LogP) is -10.1. The highest BCUT2D eigenvalue weighted by Gasteiger charge is 2.56. The van der Waals surface area contributed by atoms with Crippen molar-refractivity contribution in [2.24, 2.45) is 0 Å². The molecule has 25 heteroatoms. The van der Waals surface area contributed by atoms with Crippen molar-refractivity contribution < 1.29 is 119 Å². The lowest BCUT2D eigenvalue weighted by Crippen LogP contribution is -2.68. The smallest absolute Gasteiger partial charge is 0.217 e. The molecule has 0 unspecified atom stereocenters. The van der Waals surface area contributed by atoms with Gasteiger partial charge in [0, 0.05) is 6.92 Å². The summed E-state index contributed by atoms with van der Waals surface area (Å²) in [7, 11) is 0. The third-order valence-corrected chi connectivity index (χ3v) is 10.3. The van der Waals surface area contributed by atoms with E-state index in [1.54, 1.807) is 0 Å². The molecule has 0 aromatic heterocycles. The SMILES string of the molecule is CC(=O)N[C@@H](CO)[C@@H](O[C@@H]1O[C@H](CO)[C@H](O[C@@H]2O[C@H](CO)[C@H](O)[C@H](O)[C@H]2O[C@@H]2O[C@@H](C)[C@@H](O)[C@@H](O)[C@@H]2O)[C@H](O)[C@H]1O[C@@H]1O[C@@H](C)[C@@H](O)[C@@H](O)[C@@H]1O)[C@@H](O)[C@H](O)CO. The molecule has 4 heterocycles. The normalized spacial score (nSPS) is 46.5. The van der Waals surface area contributed by atoms with Crippen LogP contribution in [0.4, 0.5) is 0 Å². The van der Waals surface area contributed by atoms with Crippen LogP contribution in [-0.4, -0.2) is 256 Å². The molecule has 4 saturated heterocycles. The van der Waals surface area contributed by atoms with Crippen molar-refractivity contribution in [3.05, 3.63) is 0 Å². The molecule has 25 nitrogen and oxygen atoms in total. The lowest BCUT2D eigenvalue weighted by molar-refractivity contribution is -0.402. The fourth-order valence-electron chi connectivity index (χ4n) is 6.88. The lowest BCUT2D eigenvalue weighted by Gasteiger charge is -2.50. The largest absolute Gasteiger partial charge is 0.394 e. The zero-order valence-electron chi connectivity index (χ0n) is 31.1. The molecule has 16 N–H and O–H groups in total. The summed E-state index contributed by atoms with van der Waals surface area (Å²) in [6.07, 6.45) is -42.1. The first-order chi connectivity index (χ1) is 26.8. The highest BCUT2D eigenvalue weighted by Crippen LogP contribution is 2.36. The topological polar surface area (TPSA) is 406 Å². The molecule has 0 aromatic rings. The molecular weight excluding hydrogens is 782 g/mol. The summed E-state index contributed by atoms with van der Waals surface area (Å²) in [5, 5.41) is 160. The van der Waals surface area contributed by atoms with Crippen molar-refractivity contribution >= 4 is 5.91 Å². The second kappa shape index (κ2) is 20.9. The first-order valence-electron chi connectivity index (χ1n) is 18.2. The van der Waals surface area contributed by atoms with Crippen LogP contribution in [0.15, 0.2) is 0 Å².